The summed E-state index contributed by atoms with van der Waals surface area (Å²) in [5, 5.41) is 4.15. The Hall–Kier alpha value is -2.06. The van der Waals surface area contributed by atoms with Gasteiger partial charge in [-0.05, 0) is 44.4 Å². The van der Waals surface area contributed by atoms with E-state index in [2.05, 4.69) is 5.10 Å². The molecular weight excluding hydrogens is 381 g/mol. The van der Waals surface area contributed by atoms with Gasteiger partial charge < -0.3 is 10.6 Å². The van der Waals surface area contributed by atoms with Gasteiger partial charge in [0, 0.05) is 19.1 Å². The molecule has 2 aromatic rings. The van der Waals surface area contributed by atoms with E-state index in [0.717, 1.165) is 31.4 Å². The molecule has 1 saturated heterocycles. The van der Waals surface area contributed by atoms with Crippen LogP contribution in [0.15, 0.2) is 30.5 Å². The summed E-state index contributed by atoms with van der Waals surface area (Å²) in [6, 6.07) is 4.89. The van der Waals surface area contributed by atoms with Gasteiger partial charge in [0.2, 0.25) is 0 Å². The second-order valence-corrected chi connectivity index (χ2v) is 6.49. The van der Waals surface area contributed by atoms with Crippen LogP contribution in [0.5, 0.6) is 0 Å². The third kappa shape index (κ3) is 4.27. The molecule has 1 amide bonds. The van der Waals surface area contributed by atoms with Crippen LogP contribution in [0.2, 0.25) is 0 Å². The normalized spacial score (nSPS) is 17.5. The van der Waals surface area contributed by atoms with E-state index in [1.54, 1.807) is 11.8 Å². The van der Waals surface area contributed by atoms with Crippen molar-refractivity contribution in [1.29, 1.82) is 0 Å². The zero-order valence-electron chi connectivity index (χ0n) is 14.9. The fraction of sp³-hybridized carbons (Fsp3) is 0.444. The van der Waals surface area contributed by atoms with E-state index in [-0.39, 0.29) is 30.0 Å². The van der Waals surface area contributed by atoms with Crippen molar-refractivity contribution < 1.29 is 18.0 Å². The Balaban J connectivity index is 0.00000261. The van der Waals surface area contributed by atoms with Gasteiger partial charge in [-0.15, -0.1) is 12.4 Å². The molecule has 0 radical (unpaired) electrons. The van der Waals surface area contributed by atoms with Gasteiger partial charge in [-0.2, -0.15) is 18.3 Å². The highest BCUT2D eigenvalue weighted by molar-refractivity contribution is 5.95. The number of carbonyl (C=O) groups excluding carboxylic acids is 1. The summed E-state index contributed by atoms with van der Waals surface area (Å²) in [5.74, 6) is -0.170. The minimum Gasteiger partial charge on any atom is -0.334 e. The molecule has 2 N–H and O–H groups in total. The van der Waals surface area contributed by atoms with Crippen LogP contribution in [-0.2, 0) is 6.18 Å². The zero-order chi connectivity index (χ0) is 18.9. The van der Waals surface area contributed by atoms with Gasteiger partial charge in [-0.1, -0.05) is 6.07 Å². The number of hydrogen-bond acceptors (Lipinski definition) is 3. The van der Waals surface area contributed by atoms with Crippen LogP contribution < -0.4 is 5.73 Å². The van der Waals surface area contributed by atoms with Crippen molar-refractivity contribution in [1.82, 2.24) is 14.7 Å². The van der Waals surface area contributed by atoms with Crippen molar-refractivity contribution in [3.63, 3.8) is 0 Å². The van der Waals surface area contributed by atoms with E-state index in [9.17, 15) is 18.0 Å². The number of alkyl halides is 3. The van der Waals surface area contributed by atoms with Gasteiger partial charge in [-0.3, -0.25) is 4.79 Å². The lowest BCUT2D eigenvalue weighted by atomic mass is 10.0. The van der Waals surface area contributed by atoms with Crippen LogP contribution >= 0.6 is 12.4 Å². The first-order chi connectivity index (χ1) is 12.3. The van der Waals surface area contributed by atoms with Gasteiger partial charge in [0.05, 0.1) is 28.7 Å². The topological polar surface area (TPSA) is 64.2 Å². The van der Waals surface area contributed by atoms with E-state index >= 15 is 0 Å². The smallest absolute Gasteiger partial charge is 0.334 e. The number of hydrogen-bond donors (Lipinski definition) is 1. The van der Waals surface area contributed by atoms with E-state index < -0.39 is 11.7 Å². The number of amides is 1. The largest absolute Gasteiger partial charge is 0.416 e. The molecule has 0 spiro atoms. The Morgan fingerprint density at radius 3 is 2.74 bits per heavy atom. The highest BCUT2D eigenvalue weighted by atomic mass is 35.5. The third-order valence-corrected chi connectivity index (χ3v) is 4.82. The molecule has 9 heteroatoms. The average molecular weight is 403 g/mol. The van der Waals surface area contributed by atoms with Gasteiger partial charge in [0.25, 0.3) is 5.91 Å². The monoisotopic (exact) mass is 402 g/mol. The standard InChI is InChI=1S/C18H21F3N4O.ClH/c1-12-16(17(26)24-8-3-2-6-15(24)10-22)11-23-25(12)14-7-4-5-13(9-14)18(19,20)21;/h4-5,7,9,11,15H,2-3,6,8,10,22H2,1H3;1H. The summed E-state index contributed by atoms with van der Waals surface area (Å²) in [5.41, 5.74) is 6.20. The fourth-order valence-corrected chi connectivity index (χ4v) is 3.36. The maximum Gasteiger partial charge on any atom is 0.416 e. The Morgan fingerprint density at radius 1 is 1.33 bits per heavy atom. The summed E-state index contributed by atoms with van der Waals surface area (Å²) >= 11 is 0. The second kappa shape index (κ2) is 8.31. The number of piperidine rings is 1. The Kier molecular flexibility index (Phi) is 6.54. The lowest BCUT2D eigenvalue weighted by Gasteiger charge is -2.35. The number of benzene rings is 1. The Bertz CT molecular complexity index is 806. The number of nitrogens with zero attached hydrogens (tertiary/aromatic N) is 3. The number of halogens is 4. The lowest BCUT2D eigenvalue weighted by Crippen LogP contribution is -2.47. The summed E-state index contributed by atoms with van der Waals surface area (Å²) in [6.07, 6.45) is -0.196. The van der Waals surface area contributed by atoms with Crippen LogP contribution in [0.4, 0.5) is 13.2 Å². The van der Waals surface area contributed by atoms with Crippen molar-refractivity contribution in [3.8, 4) is 5.69 Å². The fourth-order valence-electron chi connectivity index (χ4n) is 3.36. The first kappa shape index (κ1) is 21.2. The van der Waals surface area contributed by atoms with Crippen molar-refractivity contribution >= 4 is 18.3 Å². The summed E-state index contributed by atoms with van der Waals surface area (Å²) in [7, 11) is 0. The molecular formula is C18H22ClF3N4O. The van der Waals surface area contributed by atoms with Gasteiger partial charge in [-0.25, -0.2) is 4.68 Å². The Morgan fingerprint density at radius 2 is 2.07 bits per heavy atom. The summed E-state index contributed by atoms with van der Waals surface area (Å²) < 4.78 is 40.2. The third-order valence-electron chi connectivity index (χ3n) is 4.82. The number of rotatable bonds is 3. The molecule has 27 heavy (non-hydrogen) atoms. The summed E-state index contributed by atoms with van der Waals surface area (Å²) in [4.78, 5) is 14.7. The van der Waals surface area contributed by atoms with Crippen LogP contribution in [-0.4, -0.2) is 39.7 Å². The van der Waals surface area contributed by atoms with Crippen molar-refractivity contribution in [2.75, 3.05) is 13.1 Å². The molecule has 1 unspecified atom stereocenters. The number of nitrogens with two attached hydrogens (primary N) is 1. The van der Waals surface area contributed by atoms with Crippen LogP contribution in [0.3, 0.4) is 0 Å². The zero-order valence-corrected chi connectivity index (χ0v) is 15.7. The van der Waals surface area contributed by atoms with Gasteiger partial charge in [0.15, 0.2) is 0 Å². The number of likely N-dealkylation sites (tertiary alicyclic amines) is 1. The van der Waals surface area contributed by atoms with Crippen molar-refractivity contribution in [3.05, 3.63) is 47.3 Å². The quantitative estimate of drug-likeness (QED) is 0.853. The van der Waals surface area contributed by atoms with Crippen LogP contribution in [0, 0.1) is 6.92 Å². The summed E-state index contributed by atoms with van der Waals surface area (Å²) in [6.45, 7) is 2.71. The molecule has 5 nitrogen and oxygen atoms in total. The molecule has 1 aromatic heterocycles. The van der Waals surface area contributed by atoms with Crippen LogP contribution in [0.1, 0.15) is 40.9 Å². The van der Waals surface area contributed by atoms with E-state index in [1.165, 1.54) is 23.0 Å². The van der Waals surface area contributed by atoms with Gasteiger partial charge >= 0.3 is 6.18 Å². The highest BCUT2D eigenvalue weighted by Gasteiger charge is 2.31. The Labute approximate surface area is 161 Å². The van der Waals surface area contributed by atoms with Crippen LogP contribution in [0.25, 0.3) is 5.69 Å². The molecule has 148 valence electrons. The maximum atomic E-state index is 12.9. The minimum atomic E-state index is -4.43. The molecule has 1 fully saturated rings. The van der Waals surface area contributed by atoms with E-state index in [1.807, 2.05) is 0 Å². The number of carbonyl (C=O) groups is 1. The van der Waals surface area contributed by atoms with E-state index in [0.29, 0.717) is 24.3 Å². The molecule has 0 aliphatic carbocycles. The predicted molar refractivity (Wildman–Crippen MR) is 98.3 cm³/mol. The number of aromatic nitrogens is 2. The minimum absolute atomic E-state index is 0. The van der Waals surface area contributed by atoms with Crippen molar-refractivity contribution in [2.45, 2.75) is 38.4 Å². The molecule has 0 bridgehead atoms. The maximum absolute atomic E-state index is 12.9. The van der Waals surface area contributed by atoms with Crippen molar-refractivity contribution in [2.24, 2.45) is 5.73 Å². The SMILES string of the molecule is Cc1c(C(=O)N2CCCCC2CN)cnn1-c1cccc(C(F)(F)F)c1.Cl. The molecule has 0 saturated carbocycles. The van der Waals surface area contributed by atoms with E-state index in [4.69, 9.17) is 5.73 Å². The molecule has 2 heterocycles. The first-order valence-electron chi connectivity index (χ1n) is 8.56. The molecule has 1 aliphatic heterocycles. The van der Waals surface area contributed by atoms with Gasteiger partial charge in [0.1, 0.15) is 0 Å². The average Bonchev–Trinajstić information content (AvgIpc) is 3.02. The molecule has 1 aromatic carbocycles. The lowest BCUT2D eigenvalue weighted by molar-refractivity contribution is -0.137. The molecule has 3 rings (SSSR count). The second-order valence-electron chi connectivity index (χ2n) is 6.49. The first-order valence-corrected chi connectivity index (χ1v) is 8.56. The molecule has 1 aliphatic rings. The predicted octanol–water partition coefficient (Wildman–Crippen LogP) is 3.57. The molecule has 1 atom stereocenters. The highest BCUT2D eigenvalue weighted by Crippen LogP contribution is 2.30.